The van der Waals surface area contributed by atoms with Crippen LogP contribution in [0.4, 0.5) is 11.6 Å². The molecule has 0 spiro atoms. The van der Waals surface area contributed by atoms with Crippen molar-refractivity contribution in [2.24, 2.45) is 10.7 Å². The van der Waals surface area contributed by atoms with Crippen LogP contribution in [0.1, 0.15) is 20.8 Å². The van der Waals surface area contributed by atoms with Crippen molar-refractivity contribution < 1.29 is 0 Å². The van der Waals surface area contributed by atoms with Crippen molar-refractivity contribution in [3.05, 3.63) is 6.33 Å². The number of aromatic nitrogens is 2. The van der Waals surface area contributed by atoms with Crippen LogP contribution in [0.2, 0.25) is 0 Å². The van der Waals surface area contributed by atoms with Crippen LogP contribution in [0.5, 0.6) is 0 Å². The van der Waals surface area contributed by atoms with E-state index >= 15 is 0 Å². The number of anilines is 1. The summed E-state index contributed by atoms with van der Waals surface area (Å²) in [5.41, 5.74) is 8.71. The molecular formula is C9H16N6. The van der Waals surface area contributed by atoms with E-state index in [1.165, 1.54) is 0 Å². The van der Waals surface area contributed by atoms with Gasteiger partial charge in [-0.05, 0) is 20.8 Å². The van der Waals surface area contributed by atoms with Gasteiger partial charge in [0.2, 0.25) is 5.96 Å². The molecule has 1 aromatic rings. The van der Waals surface area contributed by atoms with Crippen molar-refractivity contribution in [1.82, 2.24) is 15.0 Å². The summed E-state index contributed by atoms with van der Waals surface area (Å²) < 4.78 is 1.97. The average Bonchev–Trinajstić information content (AvgIpc) is 2.58. The number of aryl methyl sites for hydroxylation is 1. The Bertz CT molecular complexity index is 391. The third-order valence-corrected chi connectivity index (χ3v) is 2.34. The van der Waals surface area contributed by atoms with E-state index in [4.69, 9.17) is 5.73 Å². The van der Waals surface area contributed by atoms with E-state index in [9.17, 15) is 0 Å². The molecule has 2 rings (SSSR count). The van der Waals surface area contributed by atoms with E-state index in [2.05, 4.69) is 36.2 Å². The van der Waals surface area contributed by atoms with Crippen molar-refractivity contribution >= 4 is 17.6 Å². The van der Waals surface area contributed by atoms with Gasteiger partial charge in [0, 0.05) is 12.6 Å². The number of nitrogens with zero attached hydrogens (tertiary/aromatic N) is 4. The zero-order valence-electron chi connectivity index (χ0n) is 9.23. The van der Waals surface area contributed by atoms with Gasteiger partial charge in [0.15, 0.2) is 11.6 Å². The highest BCUT2D eigenvalue weighted by molar-refractivity contribution is 5.87. The number of nitrogens with two attached hydrogens (primary N) is 1. The highest BCUT2D eigenvalue weighted by atomic mass is 15.6. The molecular weight excluding hydrogens is 192 g/mol. The second-order valence-electron chi connectivity index (χ2n) is 3.75. The maximum absolute atomic E-state index is 5.72. The second-order valence-corrected chi connectivity index (χ2v) is 3.75. The molecule has 0 amide bonds. The molecule has 0 bridgehead atoms. The first kappa shape index (κ1) is 9.82. The fraction of sp³-hybridized carbons (Fsp3) is 0.556. The van der Waals surface area contributed by atoms with Gasteiger partial charge in [-0.25, -0.2) is 4.98 Å². The summed E-state index contributed by atoms with van der Waals surface area (Å²) in [6.07, 6.45) is 1.78. The highest BCUT2D eigenvalue weighted by Gasteiger charge is 2.24. The Morgan fingerprint density at radius 1 is 1.53 bits per heavy atom. The molecule has 2 heterocycles. The molecule has 0 aliphatic carbocycles. The number of hydrazine groups is 1. The predicted octanol–water partition coefficient (Wildman–Crippen LogP) is 0.582. The van der Waals surface area contributed by atoms with Crippen LogP contribution in [0.25, 0.3) is 0 Å². The number of imidazole rings is 1. The topological polar surface area (TPSA) is 71.5 Å². The molecule has 3 N–H and O–H groups in total. The minimum absolute atomic E-state index is 0.276. The molecule has 0 saturated carbocycles. The molecule has 0 atom stereocenters. The summed E-state index contributed by atoms with van der Waals surface area (Å²) in [5, 5.41) is 1.92. The maximum atomic E-state index is 5.72. The van der Waals surface area contributed by atoms with E-state index in [0.717, 1.165) is 18.2 Å². The van der Waals surface area contributed by atoms with Crippen molar-refractivity contribution in [2.75, 3.05) is 5.01 Å². The van der Waals surface area contributed by atoms with Crippen molar-refractivity contribution in [3.63, 3.8) is 0 Å². The lowest BCUT2D eigenvalue weighted by atomic mass is 10.3. The molecule has 1 aromatic heterocycles. The minimum atomic E-state index is 0.276. The highest BCUT2D eigenvalue weighted by Crippen LogP contribution is 2.29. The van der Waals surface area contributed by atoms with Gasteiger partial charge in [-0.3, -0.25) is 10.4 Å². The zero-order chi connectivity index (χ0) is 11.0. The lowest BCUT2D eigenvalue weighted by molar-refractivity contribution is 0.637. The number of nitrogens with one attached hydrogen (secondary N) is 1. The monoisotopic (exact) mass is 208 g/mol. The maximum Gasteiger partial charge on any atom is 0.214 e. The number of rotatable bonds is 2. The number of hydrogen-bond acceptors (Lipinski definition) is 5. The lowest BCUT2D eigenvalue weighted by Gasteiger charge is -2.30. The zero-order valence-corrected chi connectivity index (χ0v) is 9.23. The molecule has 0 unspecified atom stereocenters. The molecule has 82 valence electrons. The molecule has 0 saturated heterocycles. The first-order chi connectivity index (χ1) is 7.13. The Balaban J connectivity index is 2.47. The molecule has 0 fully saturated rings. The first-order valence-electron chi connectivity index (χ1n) is 5.08. The van der Waals surface area contributed by atoms with Crippen LogP contribution < -0.4 is 16.2 Å². The molecule has 1 aliphatic heterocycles. The van der Waals surface area contributed by atoms with Gasteiger partial charge in [-0.1, -0.05) is 0 Å². The Kier molecular flexibility index (Phi) is 2.26. The van der Waals surface area contributed by atoms with E-state index < -0.39 is 0 Å². The third-order valence-electron chi connectivity index (χ3n) is 2.34. The van der Waals surface area contributed by atoms with Gasteiger partial charge in [-0.15, -0.1) is 0 Å². The van der Waals surface area contributed by atoms with E-state index in [0.29, 0.717) is 5.96 Å². The van der Waals surface area contributed by atoms with Gasteiger partial charge in [0.25, 0.3) is 0 Å². The number of aliphatic imine (C=N–C) groups is 1. The minimum Gasteiger partial charge on any atom is -0.368 e. The summed E-state index contributed by atoms with van der Waals surface area (Å²) in [7, 11) is 0. The SMILES string of the molecule is CCn1cnc2c1N=C(N)NN2C(C)C. The van der Waals surface area contributed by atoms with Crippen LogP contribution in [0.15, 0.2) is 11.3 Å². The average molecular weight is 208 g/mol. The van der Waals surface area contributed by atoms with Crippen LogP contribution >= 0.6 is 0 Å². The fourth-order valence-electron chi connectivity index (χ4n) is 1.57. The molecule has 1 aliphatic rings. The smallest absolute Gasteiger partial charge is 0.214 e. The van der Waals surface area contributed by atoms with E-state index in [1.807, 2.05) is 9.58 Å². The number of fused-ring (bicyclic) bond motifs is 1. The summed E-state index contributed by atoms with van der Waals surface area (Å²) >= 11 is 0. The van der Waals surface area contributed by atoms with Crippen LogP contribution in [-0.2, 0) is 6.54 Å². The molecule has 15 heavy (non-hydrogen) atoms. The Morgan fingerprint density at radius 3 is 2.87 bits per heavy atom. The number of hydrogen-bond donors (Lipinski definition) is 2. The van der Waals surface area contributed by atoms with Crippen molar-refractivity contribution in [1.29, 1.82) is 0 Å². The quantitative estimate of drug-likeness (QED) is 0.746. The summed E-state index contributed by atoms with van der Waals surface area (Å²) in [6.45, 7) is 7.03. The molecule has 6 nitrogen and oxygen atoms in total. The van der Waals surface area contributed by atoms with Gasteiger partial charge in [0.1, 0.15) is 0 Å². The van der Waals surface area contributed by atoms with E-state index in [1.54, 1.807) is 6.33 Å². The van der Waals surface area contributed by atoms with Gasteiger partial charge < -0.3 is 10.3 Å². The second kappa shape index (κ2) is 3.45. The molecule has 6 heteroatoms. The van der Waals surface area contributed by atoms with Crippen LogP contribution in [-0.4, -0.2) is 21.6 Å². The van der Waals surface area contributed by atoms with E-state index in [-0.39, 0.29) is 6.04 Å². The third kappa shape index (κ3) is 1.51. The molecule has 0 radical (unpaired) electrons. The van der Waals surface area contributed by atoms with Crippen LogP contribution in [0.3, 0.4) is 0 Å². The normalized spacial score (nSPS) is 14.9. The van der Waals surface area contributed by atoms with Gasteiger partial charge in [-0.2, -0.15) is 4.99 Å². The number of guanidine groups is 1. The fourth-order valence-corrected chi connectivity index (χ4v) is 1.57. The standard InChI is InChI=1S/C9H16N6/c1-4-14-5-11-7-8(14)12-9(10)13-15(7)6(2)3/h5-6H,4H2,1-3H3,(H3,10,12,13). The Hall–Kier alpha value is -1.72. The summed E-state index contributed by atoms with van der Waals surface area (Å²) in [6, 6.07) is 0.276. The lowest BCUT2D eigenvalue weighted by Crippen LogP contribution is -2.51. The van der Waals surface area contributed by atoms with Crippen molar-refractivity contribution in [3.8, 4) is 0 Å². The Labute approximate surface area is 88.8 Å². The first-order valence-corrected chi connectivity index (χ1v) is 5.08. The largest absolute Gasteiger partial charge is 0.368 e. The summed E-state index contributed by atoms with van der Waals surface area (Å²) in [5.74, 6) is 2.06. The van der Waals surface area contributed by atoms with Gasteiger partial charge >= 0.3 is 0 Å². The Morgan fingerprint density at radius 2 is 2.27 bits per heavy atom. The van der Waals surface area contributed by atoms with Crippen LogP contribution in [0, 0.1) is 0 Å². The summed E-state index contributed by atoms with van der Waals surface area (Å²) in [4.78, 5) is 8.58. The predicted molar refractivity (Wildman–Crippen MR) is 59.9 cm³/mol. The van der Waals surface area contributed by atoms with Gasteiger partial charge in [0.05, 0.1) is 6.33 Å². The molecule has 0 aromatic carbocycles. The van der Waals surface area contributed by atoms with Crippen molar-refractivity contribution in [2.45, 2.75) is 33.4 Å².